The lowest BCUT2D eigenvalue weighted by atomic mass is 10.1. The molecule has 0 spiro atoms. The Balaban J connectivity index is 3.37. The largest absolute Gasteiger partial charge is 0.493 e. The van der Waals surface area contributed by atoms with Gasteiger partial charge in [-0.05, 0) is 17.7 Å². The number of alkyl halides is 1. The third kappa shape index (κ3) is 2.25. The van der Waals surface area contributed by atoms with Crippen molar-refractivity contribution in [2.45, 2.75) is 0 Å². The van der Waals surface area contributed by atoms with Crippen molar-refractivity contribution < 1.29 is 14.2 Å². The third-order valence-electron chi connectivity index (χ3n) is 2.25. The van der Waals surface area contributed by atoms with Gasteiger partial charge in [-0.3, -0.25) is 0 Å². The summed E-state index contributed by atoms with van der Waals surface area (Å²) in [5.74, 6) is 2.10. The quantitative estimate of drug-likeness (QED) is 0.743. The maximum absolute atomic E-state index is 5.76. The summed E-state index contributed by atoms with van der Waals surface area (Å²) >= 11 is 5.76. The van der Waals surface area contributed by atoms with Crippen molar-refractivity contribution in [3.05, 3.63) is 24.3 Å². The van der Waals surface area contributed by atoms with Crippen molar-refractivity contribution in [1.29, 1.82) is 0 Å². The Morgan fingerprint density at radius 1 is 1.12 bits per heavy atom. The molecule has 4 heteroatoms. The van der Waals surface area contributed by atoms with Gasteiger partial charge in [-0.25, -0.2) is 0 Å². The number of methoxy groups -OCH3 is 3. The molecule has 0 atom stereocenters. The fourth-order valence-electron chi connectivity index (χ4n) is 1.45. The maximum atomic E-state index is 5.76. The van der Waals surface area contributed by atoms with Crippen molar-refractivity contribution in [2.75, 3.05) is 27.2 Å². The van der Waals surface area contributed by atoms with E-state index in [-0.39, 0.29) is 0 Å². The van der Waals surface area contributed by atoms with Gasteiger partial charge in [0.15, 0.2) is 11.5 Å². The molecule has 0 N–H and O–H groups in total. The van der Waals surface area contributed by atoms with Crippen LogP contribution in [0, 0.1) is 0 Å². The molecule has 0 saturated heterocycles. The Labute approximate surface area is 101 Å². The van der Waals surface area contributed by atoms with Gasteiger partial charge in [-0.2, -0.15) is 0 Å². The molecule has 16 heavy (non-hydrogen) atoms. The predicted molar refractivity (Wildman–Crippen MR) is 65.9 cm³/mol. The van der Waals surface area contributed by atoms with Crippen LogP contribution >= 0.6 is 11.6 Å². The Morgan fingerprint density at radius 3 is 2.19 bits per heavy atom. The molecule has 1 aromatic rings. The van der Waals surface area contributed by atoms with E-state index >= 15 is 0 Å². The number of rotatable bonds is 5. The highest BCUT2D eigenvalue weighted by Crippen LogP contribution is 2.42. The molecule has 1 aromatic carbocycles. The zero-order chi connectivity index (χ0) is 12.1. The highest BCUT2D eigenvalue weighted by molar-refractivity contribution is 6.23. The van der Waals surface area contributed by atoms with E-state index in [0.717, 1.165) is 11.1 Å². The minimum atomic E-state index is 0.339. The van der Waals surface area contributed by atoms with Crippen molar-refractivity contribution in [1.82, 2.24) is 0 Å². The number of benzene rings is 1. The molecule has 0 unspecified atom stereocenters. The zero-order valence-electron chi connectivity index (χ0n) is 9.67. The zero-order valence-corrected chi connectivity index (χ0v) is 10.4. The van der Waals surface area contributed by atoms with Gasteiger partial charge in [0.25, 0.3) is 0 Å². The standard InChI is InChI=1S/C12H15ClO3/c1-8(7-13)9-5-6-10(14-2)12(16-4)11(9)15-3/h5-6H,1,7H2,2-4H3. The second-order valence-corrected chi connectivity index (χ2v) is 3.39. The summed E-state index contributed by atoms with van der Waals surface area (Å²) in [5, 5.41) is 0. The van der Waals surface area contributed by atoms with Gasteiger partial charge in [0.1, 0.15) is 0 Å². The molecule has 3 nitrogen and oxygen atoms in total. The van der Waals surface area contributed by atoms with Gasteiger partial charge in [-0.15, -0.1) is 11.6 Å². The molecular formula is C12H15ClO3. The lowest BCUT2D eigenvalue weighted by molar-refractivity contribution is 0.324. The fourth-order valence-corrected chi connectivity index (χ4v) is 1.60. The van der Waals surface area contributed by atoms with E-state index in [1.165, 1.54) is 0 Å². The lowest BCUT2D eigenvalue weighted by Crippen LogP contribution is -1.98. The van der Waals surface area contributed by atoms with E-state index in [4.69, 9.17) is 25.8 Å². The molecule has 0 heterocycles. The van der Waals surface area contributed by atoms with Gasteiger partial charge in [0.2, 0.25) is 5.75 Å². The highest BCUT2D eigenvalue weighted by atomic mass is 35.5. The summed E-state index contributed by atoms with van der Waals surface area (Å²) < 4.78 is 15.7. The first kappa shape index (κ1) is 12.7. The average molecular weight is 243 g/mol. The summed E-state index contributed by atoms with van der Waals surface area (Å²) in [6.07, 6.45) is 0. The smallest absolute Gasteiger partial charge is 0.203 e. The van der Waals surface area contributed by atoms with Gasteiger partial charge < -0.3 is 14.2 Å². The fraction of sp³-hybridized carbons (Fsp3) is 0.333. The second kappa shape index (κ2) is 5.66. The van der Waals surface area contributed by atoms with E-state index in [1.807, 2.05) is 6.07 Å². The molecule has 0 aliphatic carbocycles. The topological polar surface area (TPSA) is 27.7 Å². The molecule has 0 radical (unpaired) electrons. The van der Waals surface area contributed by atoms with Crippen molar-refractivity contribution in [3.63, 3.8) is 0 Å². The van der Waals surface area contributed by atoms with Gasteiger partial charge in [0.05, 0.1) is 21.3 Å². The van der Waals surface area contributed by atoms with Crippen molar-refractivity contribution >= 4 is 17.2 Å². The van der Waals surface area contributed by atoms with Crippen molar-refractivity contribution in [2.24, 2.45) is 0 Å². The Morgan fingerprint density at radius 2 is 1.75 bits per heavy atom. The van der Waals surface area contributed by atoms with Crippen LogP contribution in [-0.4, -0.2) is 27.2 Å². The van der Waals surface area contributed by atoms with Gasteiger partial charge in [0, 0.05) is 11.4 Å². The second-order valence-electron chi connectivity index (χ2n) is 3.12. The first-order chi connectivity index (χ1) is 7.69. The van der Waals surface area contributed by atoms with E-state index < -0.39 is 0 Å². The molecule has 0 saturated carbocycles. The first-order valence-electron chi connectivity index (χ1n) is 4.72. The molecule has 0 aliphatic rings. The number of allylic oxidation sites excluding steroid dienone is 1. The van der Waals surface area contributed by atoms with E-state index in [0.29, 0.717) is 23.1 Å². The molecule has 1 rings (SSSR count). The Bertz CT molecular complexity index is 388. The van der Waals surface area contributed by atoms with Crippen LogP contribution in [0.25, 0.3) is 5.57 Å². The predicted octanol–water partition coefficient (Wildman–Crippen LogP) is 2.96. The number of halogens is 1. The van der Waals surface area contributed by atoms with E-state index in [2.05, 4.69) is 6.58 Å². The van der Waals surface area contributed by atoms with Crippen LogP contribution in [0.5, 0.6) is 17.2 Å². The normalized spacial score (nSPS) is 9.75. The van der Waals surface area contributed by atoms with Crippen LogP contribution in [0.4, 0.5) is 0 Å². The molecule has 88 valence electrons. The first-order valence-corrected chi connectivity index (χ1v) is 5.26. The number of hydrogen-bond donors (Lipinski definition) is 0. The average Bonchev–Trinajstić information content (AvgIpc) is 2.35. The SMILES string of the molecule is C=C(CCl)c1ccc(OC)c(OC)c1OC. The Kier molecular flexibility index (Phi) is 4.50. The van der Waals surface area contributed by atoms with Crippen LogP contribution in [0.15, 0.2) is 18.7 Å². The molecule has 0 amide bonds. The summed E-state index contributed by atoms with van der Waals surface area (Å²) in [4.78, 5) is 0. The molecule has 0 aromatic heterocycles. The number of hydrogen-bond acceptors (Lipinski definition) is 3. The summed E-state index contributed by atoms with van der Waals surface area (Å²) in [7, 11) is 4.71. The lowest BCUT2D eigenvalue weighted by Gasteiger charge is -2.16. The van der Waals surface area contributed by atoms with E-state index in [9.17, 15) is 0 Å². The summed E-state index contributed by atoms with van der Waals surface area (Å²) in [5.41, 5.74) is 1.61. The highest BCUT2D eigenvalue weighted by Gasteiger charge is 2.16. The molecule has 0 aliphatic heterocycles. The molecular weight excluding hydrogens is 228 g/mol. The van der Waals surface area contributed by atoms with Gasteiger partial charge in [-0.1, -0.05) is 6.58 Å². The van der Waals surface area contributed by atoms with Crippen LogP contribution < -0.4 is 14.2 Å². The summed E-state index contributed by atoms with van der Waals surface area (Å²) in [6.45, 7) is 3.87. The van der Waals surface area contributed by atoms with Crippen LogP contribution in [0.3, 0.4) is 0 Å². The summed E-state index contributed by atoms with van der Waals surface area (Å²) in [6, 6.07) is 3.65. The van der Waals surface area contributed by atoms with E-state index in [1.54, 1.807) is 27.4 Å². The van der Waals surface area contributed by atoms with Crippen LogP contribution in [-0.2, 0) is 0 Å². The maximum Gasteiger partial charge on any atom is 0.203 e. The monoisotopic (exact) mass is 242 g/mol. The molecule has 0 bridgehead atoms. The van der Waals surface area contributed by atoms with Crippen LogP contribution in [0.2, 0.25) is 0 Å². The minimum Gasteiger partial charge on any atom is -0.493 e. The molecule has 0 fully saturated rings. The van der Waals surface area contributed by atoms with Gasteiger partial charge >= 0.3 is 0 Å². The van der Waals surface area contributed by atoms with Crippen LogP contribution in [0.1, 0.15) is 5.56 Å². The Hall–Kier alpha value is -1.35. The number of ether oxygens (including phenoxy) is 3. The van der Waals surface area contributed by atoms with Crippen molar-refractivity contribution in [3.8, 4) is 17.2 Å². The minimum absolute atomic E-state index is 0.339. The third-order valence-corrected chi connectivity index (χ3v) is 2.57.